The van der Waals surface area contributed by atoms with Crippen molar-refractivity contribution in [3.05, 3.63) is 59.7 Å². The lowest BCUT2D eigenvalue weighted by Crippen LogP contribution is -2.47. The SMILES string of the molecule is CCC(C)NC(=O)C(C)NC(=O)c1ccccc1SCC(=O)Nc1ccc(C)cc1. The molecule has 0 saturated heterocycles. The van der Waals surface area contributed by atoms with Crippen LogP contribution in [-0.4, -0.2) is 35.6 Å². The lowest BCUT2D eigenvalue weighted by atomic mass is 10.2. The molecule has 0 aliphatic heterocycles. The number of hydrogen-bond acceptors (Lipinski definition) is 4. The number of amides is 3. The van der Waals surface area contributed by atoms with E-state index in [1.807, 2.05) is 51.1 Å². The zero-order valence-electron chi connectivity index (χ0n) is 17.8. The molecule has 7 heteroatoms. The molecule has 0 spiro atoms. The molecule has 30 heavy (non-hydrogen) atoms. The number of benzene rings is 2. The second-order valence-electron chi connectivity index (χ2n) is 7.21. The summed E-state index contributed by atoms with van der Waals surface area (Å²) < 4.78 is 0. The second-order valence-corrected chi connectivity index (χ2v) is 8.23. The summed E-state index contributed by atoms with van der Waals surface area (Å²) in [5, 5.41) is 8.43. The molecular formula is C23H29N3O3S. The molecule has 2 aromatic rings. The fourth-order valence-corrected chi connectivity index (χ4v) is 3.42. The van der Waals surface area contributed by atoms with Crippen molar-refractivity contribution in [3.8, 4) is 0 Å². The second kappa shape index (κ2) is 11.4. The molecule has 6 nitrogen and oxygen atoms in total. The molecular weight excluding hydrogens is 398 g/mol. The van der Waals surface area contributed by atoms with Gasteiger partial charge in [-0.25, -0.2) is 0 Å². The summed E-state index contributed by atoms with van der Waals surface area (Å²) >= 11 is 1.28. The van der Waals surface area contributed by atoms with Crippen LogP contribution in [-0.2, 0) is 9.59 Å². The normalized spacial score (nSPS) is 12.5. The van der Waals surface area contributed by atoms with E-state index in [0.29, 0.717) is 10.5 Å². The van der Waals surface area contributed by atoms with Crippen LogP contribution in [0.25, 0.3) is 0 Å². The zero-order chi connectivity index (χ0) is 22.1. The number of carbonyl (C=O) groups excluding carboxylic acids is 3. The summed E-state index contributed by atoms with van der Waals surface area (Å²) in [5.41, 5.74) is 2.29. The topological polar surface area (TPSA) is 87.3 Å². The van der Waals surface area contributed by atoms with Gasteiger partial charge in [-0.15, -0.1) is 11.8 Å². The minimum Gasteiger partial charge on any atom is -0.352 e. The smallest absolute Gasteiger partial charge is 0.253 e. The molecule has 0 heterocycles. The lowest BCUT2D eigenvalue weighted by molar-refractivity contribution is -0.123. The Morgan fingerprint density at radius 1 is 0.967 bits per heavy atom. The third-order valence-corrected chi connectivity index (χ3v) is 5.64. The van der Waals surface area contributed by atoms with Gasteiger partial charge in [0, 0.05) is 16.6 Å². The molecule has 0 bridgehead atoms. The van der Waals surface area contributed by atoms with Crippen LogP contribution < -0.4 is 16.0 Å². The van der Waals surface area contributed by atoms with Gasteiger partial charge in [-0.1, -0.05) is 36.8 Å². The Bertz CT molecular complexity index is 884. The largest absolute Gasteiger partial charge is 0.352 e. The summed E-state index contributed by atoms with van der Waals surface area (Å²) in [6.07, 6.45) is 0.816. The van der Waals surface area contributed by atoms with Crippen molar-refractivity contribution >= 4 is 35.2 Å². The van der Waals surface area contributed by atoms with Gasteiger partial charge in [0.2, 0.25) is 11.8 Å². The first-order chi connectivity index (χ1) is 14.3. The predicted octanol–water partition coefficient (Wildman–Crippen LogP) is 3.76. The molecule has 0 radical (unpaired) electrons. The Kier molecular flexibility index (Phi) is 8.92. The maximum Gasteiger partial charge on any atom is 0.253 e. The average molecular weight is 428 g/mol. The van der Waals surface area contributed by atoms with E-state index in [0.717, 1.165) is 17.7 Å². The van der Waals surface area contributed by atoms with Crippen LogP contribution in [0.1, 0.15) is 43.1 Å². The average Bonchev–Trinajstić information content (AvgIpc) is 2.73. The number of hydrogen-bond donors (Lipinski definition) is 3. The molecule has 0 aromatic heterocycles. The highest BCUT2D eigenvalue weighted by atomic mass is 32.2. The number of anilines is 1. The minimum absolute atomic E-state index is 0.0479. The standard InChI is InChI=1S/C23H29N3O3S/c1-5-16(3)24-22(28)17(4)25-23(29)19-8-6-7-9-20(19)30-14-21(27)26-18-12-10-15(2)11-13-18/h6-13,16-17H,5,14H2,1-4H3,(H,24,28)(H,25,29)(H,26,27). The summed E-state index contributed by atoms with van der Waals surface area (Å²) in [5.74, 6) is -0.549. The van der Waals surface area contributed by atoms with Crippen molar-refractivity contribution in [3.63, 3.8) is 0 Å². The van der Waals surface area contributed by atoms with E-state index in [-0.39, 0.29) is 29.5 Å². The summed E-state index contributed by atoms with van der Waals surface area (Å²) in [6, 6.07) is 14.0. The van der Waals surface area contributed by atoms with Crippen molar-refractivity contribution in [2.75, 3.05) is 11.1 Å². The first kappa shape index (κ1) is 23.5. The van der Waals surface area contributed by atoms with E-state index in [9.17, 15) is 14.4 Å². The summed E-state index contributed by atoms with van der Waals surface area (Å²) in [4.78, 5) is 37.8. The van der Waals surface area contributed by atoms with Gasteiger partial charge in [0.1, 0.15) is 6.04 Å². The van der Waals surface area contributed by atoms with Crippen LogP contribution in [0.15, 0.2) is 53.4 Å². The maximum atomic E-state index is 12.7. The van der Waals surface area contributed by atoms with E-state index in [2.05, 4.69) is 16.0 Å². The summed E-state index contributed by atoms with van der Waals surface area (Å²) in [7, 11) is 0. The molecule has 0 fully saturated rings. The third kappa shape index (κ3) is 7.22. The third-order valence-electron chi connectivity index (χ3n) is 4.57. The van der Waals surface area contributed by atoms with Gasteiger partial charge in [-0.3, -0.25) is 14.4 Å². The van der Waals surface area contributed by atoms with Gasteiger partial charge in [0.15, 0.2) is 0 Å². The van der Waals surface area contributed by atoms with Gasteiger partial charge in [-0.2, -0.15) is 0 Å². The molecule has 0 aliphatic rings. The van der Waals surface area contributed by atoms with Crippen LogP contribution in [0.5, 0.6) is 0 Å². The predicted molar refractivity (Wildman–Crippen MR) is 122 cm³/mol. The van der Waals surface area contributed by atoms with E-state index < -0.39 is 6.04 Å². The number of aryl methyl sites for hydroxylation is 1. The first-order valence-corrected chi connectivity index (χ1v) is 11.0. The molecule has 3 N–H and O–H groups in total. The van der Waals surface area contributed by atoms with Gasteiger partial charge in [0.25, 0.3) is 5.91 Å². The van der Waals surface area contributed by atoms with Crippen molar-refractivity contribution in [1.82, 2.24) is 10.6 Å². The Labute approximate surface area is 182 Å². The van der Waals surface area contributed by atoms with Gasteiger partial charge in [-0.05, 0) is 51.5 Å². The summed E-state index contributed by atoms with van der Waals surface area (Å²) in [6.45, 7) is 7.54. The zero-order valence-corrected chi connectivity index (χ0v) is 18.6. The fourth-order valence-electron chi connectivity index (χ4n) is 2.57. The highest BCUT2D eigenvalue weighted by Crippen LogP contribution is 2.23. The van der Waals surface area contributed by atoms with Crippen molar-refractivity contribution in [1.29, 1.82) is 0 Å². The molecule has 0 aliphatic carbocycles. The maximum absolute atomic E-state index is 12.7. The van der Waals surface area contributed by atoms with E-state index in [1.165, 1.54) is 11.8 Å². The number of thioether (sulfide) groups is 1. The van der Waals surface area contributed by atoms with Crippen LogP contribution in [0.4, 0.5) is 5.69 Å². The number of carbonyl (C=O) groups is 3. The van der Waals surface area contributed by atoms with Crippen LogP contribution >= 0.6 is 11.8 Å². The minimum atomic E-state index is -0.658. The van der Waals surface area contributed by atoms with Crippen LogP contribution in [0.3, 0.4) is 0 Å². The Hall–Kier alpha value is -2.80. The van der Waals surface area contributed by atoms with E-state index in [4.69, 9.17) is 0 Å². The molecule has 3 amide bonds. The molecule has 2 aromatic carbocycles. The molecule has 2 atom stereocenters. The molecule has 160 valence electrons. The van der Waals surface area contributed by atoms with Gasteiger partial charge >= 0.3 is 0 Å². The van der Waals surface area contributed by atoms with Crippen LogP contribution in [0, 0.1) is 6.92 Å². The Balaban J connectivity index is 1.96. The molecule has 2 unspecified atom stereocenters. The van der Waals surface area contributed by atoms with Crippen LogP contribution in [0.2, 0.25) is 0 Å². The number of rotatable bonds is 9. The fraction of sp³-hybridized carbons (Fsp3) is 0.348. The first-order valence-electron chi connectivity index (χ1n) is 9.99. The highest BCUT2D eigenvalue weighted by molar-refractivity contribution is 8.00. The quantitative estimate of drug-likeness (QED) is 0.532. The molecule has 2 rings (SSSR count). The van der Waals surface area contributed by atoms with Gasteiger partial charge in [0.05, 0.1) is 11.3 Å². The van der Waals surface area contributed by atoms with Crippen molar-refractivity contribution in [2.24, 2.45) is 0 Å². The van der Waals surface area contributed by atoms with Gasteiger partial charge < -0.3 is 16.0 Å². The lowest BCUT2D eigenvalue weighted by Gasteiger charge is -2.18. The van der Waals surface area contributed by atoms with Crippen molar-refractivity contribution in [2.45, 2.75) is 51.1 Å². The van der Waals surface area contributed by atoms with E-state index in [1.54, 1.807) is 25.1 Å². The Morgan fingerprint density at radius 3 is 2.30 bits per heavy atom. The highest BCUT2D eigenvalue weighted by Gasteiger charge is 2.19. The Morgan fingerprint density at radius 2 is 1.63 bits per heavy atom. The van der Waals surface area contributed by atoms with Crippen molar-refractivity contribution < 1.29 is 14.4 Å². The number of nitrogens with one attached hydrogen (secondary N) is 3. The monoisotopic (exact) mass is 427 g/mol. The van der Waals surface area contributed by atoms with E-state index >= 15 is 0 Å². The molecule has 0 saturated carbocycles.